The van der Waals surface area contributed by atoms with Gasteiger partial charge in [-0.2, -0.15) is 0 Å². The third kappa shape index (κ3) is 2.00. The van der Waals surface area contributed by atoms with E-state index in [9.17, 15) is 14.7 Å². The highest BCUT2D eigenvalue weighted by Gasteiger charge is 2.45. The summed E-state index contributed by atoms with van der Waals surface area (Å²) in [6, 6.07) is 5.73. The quantitative estimate of drug-likeness (QED) is 0.490. The summed E-state index contributed by atoms with van der Waals surface area (Å²) in [6.07, 6.45) is 0.881. The third-order valence-corrected chi connectivity index (χ3v) is 6.72. The number of hydrogen-bond donors (Lipinski definition) is 1. The molecule has 1 atom stereocenters. The highest BCUT2D eigenvalue weighted by atomic mass is 16.6. The van der Waals surface area contributed by atoms with Gasteiger partial charge in [0.25, 0.3) is 5.56 Å². The number of fused-ring (bicyclic) bond motifs is 5. The summed E-state index contributed by atoms with van der Waals surface area (Å²) in [5, 5.41) is 12.0. The van der Waals surface area contributed by atoms with E-state index in [1.165, 1.54) is 5.56 Å². The Morgan fingerprint density at radius 1 is 1.20 bits per heavy atom. The first-order valence-corrected chi connectivity index (χ1v) is 10.2. The predicted molar refractivity (Wildman–Crippen MR) is 108 cm³/mol. The highest BCUT2D eigenvalue weighted by Crippen LogP contribution is 2.43. The zero-order valence-electron chi connectivity index (χ0n) is 16.7. The molecule has 0 amide bonds. The van der Waals surface area contributed by atoms with Gasteiger partial charge in [0.1, 0.15) is 12.4 Å². The number of nitrogens with zero attached hydrogens (tertiary/aromatic N) is 2. The second-order valence-corrected chi connectivity index (χ2v) is 8.22. The van der Waals surface area contributed by atoms with E-state index in [2.05, 4.69) is 0 Å². The molecule has 7 nitrogen and oxygen atoms in total. The maximum Gasteiger partial charge on any atom is 0.343 e. The van der Waals surface area contributed by atoms with Crippen LogP contribution in [0.2, 0.25) is 0 Å². The van der Waals surface area contributed by atoms with Crippen LogP contribution < -0.4 is 10.3 Å². The standard InChI is InChI=1S/C23H20N2O5/c1-3-23(28)15-8-17-19-13(9-25(17)21(26)14(15)10-30-22(23)27)12-6-7-29-20-11(2)4-5-16(24-19)18(12)20/h4-5,8,28H,3,6-7,9-10H2,1-2H3/t23-/m1/s1. The van der Waals surface area contributed by atoms with Gasteiger partial charge in [-0.1, -0.05) is 13.0 Å². The Morgan fingerprint density at radius 2 is 2.03 bits per heavy atom. The summed E-state index contributed by atoms with van der Waals surface area (Å²) in [5.74, 6) is 0.157. The van der Waals surface area contributed by atoms with Gasteiger partial charge in [-0.15, -0.1) is 0 Å². The van der Waals surface area contributed by atoms with Gasteiger partial charge in [-0.05, 0) is 36.6 Å². The lowest BCUT2D eigenvalue weighted by Gasteiger charge is -2.31. The predicted octanol–water partition coefficient (Wildman–Crippen LogP) is 2.32. The lowest BCUT2D eigenvalue weighted by molar-refractivity contribution is -0.172. The van der Waals surface area contributed by atoms with Crippen LogP contribution in [0.4, 0.5) is 0 Å². The smallest absolute Gasteiger partial charge is 0.343 e. The number of rotatable bonds is 1. The van der Waals surface area contributed by atoms with E-state index in [1.54, 1.807) is 17.6 Å². The van der Waals surface area contributed by atoms with E-state index < -0.39 is 11.6 Å². The molecular weight excluding hydrogens is 384 g/mol. The minimum Gasteiger partial charge on any atom is -0.492 e. The third-order valence-electron chi connectivity index (χ3n) is 6.72. The normalized spacial score (nSPS) is 21.0. The summed E-state index contributed by atoms with van der Waals surface area (Å²) in [6.45, 7) is 4.61. The van der Waals surface area contributed by atoms with Crippen LogP contribution in [-0.2, 0) is 34.7 Å². The SMILES string of the molecule is CC[C@]1(O)C(=O)OCc2c1cc1n(c2=O)Cc2c-1nc1ccc(C)c3c1c2CCO3. The summed E-state index contributed by atoms with van der Waals surface area (Å²) in [7, 11) is 0. The summed E-state index contributed by atoms with van der Waals surface area (Å²) < 4.78 is 12.7. The Hall–Kier alpha value is -3.19. The zero-order chi connectivity index (χ0) is 20.8. The van der Waals surface area contributed by atoms with Crippen LogP contribution in [0.3, 0.4) is 0 Å². The molecular formula is C23H20N2O5. The van der Waals surface area contributed by atoms with Gasteiger partial charge in [0.15, 0.2) is 5.60 Å². The number of aliphatic hydroxyl groups is 1. The largest absolute Gasteiger partial charge is 0.492 e. The van der Waals surface area contributed by atoms with Gasteiger partial charge in [0, 0.05) is 22.9 Å². The number of carbonyl (C=O) groups is 1. The minimum absolute atomic E-state index is 0.120. The molecule has 30 heavy (non-hydrogen) atoms. The van der Waals surface area contributed by atoms with Crippen LogP contribution in [0.25, 0.3) is 22.3 Å². The number of aromatic nitrogens is 2. The van der Waals surface area contributed by atoms with Crippen molar-refractivity contribution in [3.63, 3.8) is 0 Å². The molecule has 0 aliphatic carbocycles. The molecule has 0 spiro atoms. The number of carbonyl (C=O) groups excluding carboxylic acids is 1. The van der Waals surface area contributed by atoms with Gasteiger partial charge >= 0.3 is 5.97 Å². The maximum absolute atomic E-state index is 13.3. The van der Waals surface area contributed by atoms with Gasteiger partial charge in [0.05, 0.1) is 35.6 Å². The van der Waals surface area contributed by atoms with Crippen molar-refractivity contribution in [1.82, 2.24) is 9.55 Å². The molecule has 0 unspecified atom stereocenters. The van der Waals surface area contributed by atoms with Gasteiger partial charge in [-0.25, -0.2) is 9.78 Å². The van der Waals surface area contributed by atoms with Gasteiger partial charge in [-0.3, -0.25) is 4.79 Å². The number of hydrogen-bond acceptors (Lipinski definition) is 6. The fourth-order valence-corrected chi connectivity index (χ4v) is 5.05. The van der Waals surface area contributed by atoms with Crippen molar-refractivity contribution in [2.75, 3.05) is 6.61 Å². The lowest BCUT2D eigenvalue weighted by Crippen LogP contribution is -2.44. The number of cyclic esters (lactones) is 1. The number of esters is 1. The van der Waals surface area contributed by atoms with Crippen molar-refractivity contribution in [1.29, 1.82) is 0 Å². The molecule has 1 N–H and O–H groups in total. The Kier molecular flexibility index (Phi) is 3.35. The lowest BCUT2D eigenvalue weighted by atomic mass is 9.86. The average molecular weight is 404 g/mol. The van der Waals surface area contributed by atoms with Crippen LogP contribution in [0.15, 0.2) is 23.0 Å². The van der Waals surface area contributed by atoms with Crippen molar-refractivity contribution >= 4 is 16.9 Å². The highest BCUT2D eigenvalue weighted by molar-refractivity contribution is 5.94. The fraction of sp³-hybridized carbons (Fsp3) is 0.348. The average Bonchev–Trinajstić information content (AvgIpc) is 3.13. The summed E-state index contributed by atoms with van der Waals surface area (Å²) in [4.78, 5) is 30.5. The van der Waals surface area contributed by atoms with Crippen molar-refractivity contribution in [3.8, 4) is 17.1 Å². The molecule has 0 saturated heterocycles. The van der Waals surface area contributed by atoms with Crippen LogP contribution in [0.5, 0.6) is 5.75 Å². The second kappa shape index (κ2) is 5.70. The number of aryl methyl sites for hydroxylation is 1. The van der Waals surface area contributed by atoms with E-state index in [0.717, 1.165) is 39.9 Å². The molecule has 0 saturated carbocycles. The Labute approximate surface area is 171 Å². The van der Waals surface area contributed by atoms with Crippen LogP contribution in [-0.4, -0.2) is 27.2 Å². The Morgan fingerprint density at radius 3 is 2.83 bits per heavy atom. The van der Waals surface area contributed by atoms with Crippen molar-refractivity contribution in [2.24, 2.45) is 0 Å². The van der Waals surface area contributed by atoms with Gasteiger partial charge in [0.2, 0.25) is 0 Å². The molecule has 2 aromatic heterocycles. The van der Waals surface area contributed by atoms with Gasteiger partial charge < -0.3 is 19.1 Å². The van der Waals surface area contributed by atoms with Crippen LogP contribution in [0, 0.1) is 6.92 Å². The molecule has 0 bridgehead atoms. The van der Waals surface area contributed by atoms with Crippen molar-refractivity contribution in [2.45, 2.75) is 45.4 Å². The van der Waals surface area contributed by atoms with Crippen LogP contribution in [0.1, 0.15) is 41.2 Å². The molecule has 0 radical (unpaired) electrons. The molecule has 1 aromatic carbocycles. The van der Waals surface area contributed by atoms with E-state index in [1.807, 2.05) is 19.1 Å². The topological polar surface area (TPSA) is 90.7 Å². The second-order valence-electron chi connectivity index (χ2n) is 8.22. The Bertz CT molecular complexity index is 1360. The first-order chi connectivity index (χ1) is 14.4. The maximum atomic E-state index is 13.3. The molecule has 6 rings (SSSR count). The first-order valence-electron chi connectivity index (χ1n) is 10.2. The molecule has 3 aromatic rings. The monoisotopic (exact) mass is 404 g/mol. The van der Waals surface area contributed by atoms with E-state index in [0.29, 0.717) is 30.0 Å². The minimum atomic E-state index is -1.81. The van der Waals surface area contributed by atoms with Crippen molar-refractivity contribution in [3.05, 3.63) is 56.4 Å². The number of pyridine rings is 2. The summed E-state index contributed by atoms with van der Waals surface area (Å²) >= 11 is 0. The number of benzene rings is 1. The van der Waals surface area contributed by atoms with Crippen molar-refractivity contribution < 1.29 is 19.4 Å². The number of ether oxygens (including phenoxy) is 2. The fourth-order valence-electron chi connectivity index (χ4n) is 5.05. The van der Waals surface area contributed by atoms with E-state index in [-0.39, 0.29) is 18.6 Å². The molecule has 0 fully saturated rings. The Balaban J connectivity index is 1.68. The van der Waals surface area contributed by atoms with Crippen LogP contribution >= 0.6 is 0 Å². The van der Waals surface area contributed by atoms with E-state index >= 15 is 0 Å². The molecule has 7 heteroatoms. The molecule has 3 aliphatic rings. The van der Waals surface area contributed by atoms with E-state index in [4.69, 9.17) is 14.5 Å². The zero-order valence-corrected chi connectivity index (χ0v) is 16.7. The first kappa shape index (κ1) is 17.7. The molecule has 5 heterocycles. The molecule has 3 aliphatic heterocycles. The summed E-state index contributed by atoms with van der Waals surface area (Å²) in [5.41, 5.74) is 4.10. The molecule has 152 valence electrons.